The smallest absolute Gasteiger partial charge is 0.142 e. The van der Waals surface area contributed by atoms with Crippen molar-refractivity contribution in [2.75, 3.05) is 18.0 Å². The van der Waals surface area contributed by atoms with Gasteiger partial charge in [0.15, 0.2) is 0 Å². The van der Waals surface area contributed by atoms with Gasteiger partial charge in [-0.3, -0.25) is 0 Å². The molecule has 0 aliphatic carbocycles. The third kappa shape index (κ3) is 2.07. The maximum absolute atomic E-state index is 4.47. The number of fused-ring (bicyclic) bond motifs is 1. The molecule has 2 aromatic rings. The molecular weight excluding hydrogens is 224 g/mol. The molecule has 0 radical (unpaired) electrons. The zero-order valence-electron chi connectivity index (χ0n) is 11.1. The molecule has 0 aromatic carbocycles. The van der Waals surface area contributed by atoms with Gasteiger partial charge < -0.3 is 9.88 Å². The van der Waals surface area contributed by atoms with Crippen molar-refractivity contribution < 1.29 is 0 Å². The summed E-state index contributed by atoms with van der Waals surface area (Å²) in [6.45, 7) is 6.86. The molecule has 0 amide bonds. The highest BCUT2D eigenvalue weighted by molar-refractivity contribution is 5.87. The first-order chi connectivity index (χ1) is 8.74. The molecule has 2 aromatic heterocycles. The van der Waals surface area contributed by atoms with E-state index in [-0.39, 0.29) is 0 Å². The lowest BCUT2D eigenvalue weighted by atomic mass is 9.97. The van der Waals surface area contributed by atoms with Gasteiger partial charge in [0.1, 0.15) is 17.8 Å². The van der Waals surface area contributed by atoms with Crippen molar-refractivity contribution in [1.29, 1.82) is 0 Å². The van der Waals surface area contributed by atoms with E-state index in [9.17, 15) is 0 Å². The number of H-pyrrole nitrogens is 1. The van der Waals surface area contributed by atoms with Gasteiger partial charge in [-0.1, -0.05) is 13.8 Å². The van der Waals surface area contributed by atoms with E-state index in [2.05, 4.69) is 39.8 Å². The number of aromatic amines is 1. The molecule has 1 N–H and O–H groups in total. The van der Waals surface area contributed by atoms with E-state index in [1.54, 1.807) is 6.33 Å². The lowest BCUT2D eigenvalue weighted by Gasteiger charge is -2.18. The van der Waals surface area contributed by atoms with Crippen LogP contribution in [0.5, 0.6) is 0 Å². The Kier molecular flexibility index (Phi) is 2.94. The second kappa shape index (κ2) is 4.59. The van der Waals surface area contributed by atoms with Crippen molar-refractivity contribution >= 4 is 16.9 Å². The van der Waals surface area contributed by atoms with E-state index < -0.39 is 0 Å². The van der Waals surface area contributed by atoms with E-state index in [1.165, 1.54) is 12.8 Å². The van der Waals surface area contributed by atoms with Crippen LogP contribution in [0.15, 0.2) is 18.6 Å². The third-order valence-electron chi connectivity index (χ3n) is 3.72. The summed E-state index contributed by atoms with van der Waals surface area (Å²) in [6.07, 6.45) is 6.19. The van der Waals surface area contributed by atoms with Crippen molar-refractivity contribution in [3.8, 4) is 0 Å². The van der Waals surface area contributed by atoms with Crippen molar-refractivity contribution in [2.24, 2.45) is 11.8 Å². The monoisotopic (exact) mass is 244 g/mol. The molecule has 4 nitrogen and oxygen atoms in total. The molecule has 1 aliphatic heterocycles. The topological polar surface area (TPSA) is 44.8 Å². The van der Waals surface area contributed by atoms with Crippen LogP contribution in [0.3, 0.4) is 0 Å². The molecule has 4 heteroatoms. The van der Waals surface area contributed by atoms with E-state index in [1.807, 2.05) is 6.20 Å². The lowest BCUT2D eigenvalue weighted by molar-refractivity contribution is 0.441. The molecule has 18 heavy (non-hydrogen) atoms. The summed E-state index contributed by atoms with van der Waals surface area (Å²) in [5.74, 6) is 2.69. The summed E-state index contributed by atoms with van der Waals surface area (Å²) in [4.78, 5) is 14.3. The molecule has 0 saturated carbocycles. The molecule has 0 bridgehead atoms. The lowest BCUT2D eigenvalue weighted by Crippen LogP contribution is -2.21. The van der Waals surface area contributed by atoms with Crippen LogP contribution in [0.25, 0.3) is 11.0 Å². The van der Waals surface area contributed by atoms with Crippen molar-refractivity contribution in [3.05, 3.63) is 18.6 Å². The van der Waals surface area contributed by atoms with Crippen LogP contribution in [0.4, 0.5) is 5.82 Å². The van der Waals surface area contributed by atoms with E-state index in [4.69, 9.17) is 0 Å². The average molecular weight is 244 g/mol. The standard InChI is InChI=1S/C14H20N4/c1-10(2)7-11-4-6-18(8-11)14-12-3-5-15-13(12)16-9-17-14/h3,5,9-11H,4,6-8H2,1-2H3,(H,15,16,17). The summed E-state index contributed by atoms with van der Waals surface area (Å²) in [7, 11) is 0. The molecule has 0 spiro atoms. The molecule has 1 atom stereocenters. The Balaban J connectivity index is 1.82. The van der Waals surface area contributed by atoms with E-state index in [0.717, 1.165) is 41.8 Å². The highest BCUT2D eigenvalue weighted by Crippen LogP contribution is 2.30. The number of aromatic nitrogens is 3. The number of hydrogen-bond acceptors (Lipinski definition) is 3. The summed E-state index contributed by atoms with van der Waals surface area (Å²) in [6, 6.07) is 2.07. The summed E-state index contributed by atoms with van der Waals surface area (Å²) >= 11 is 0. The van der Waals surface area contributed by atoms with Crippen molar-refractivity contribution in [1.82, 2.24) is 15.0 Å². The average Bonchev–Trinajstić information content (AvgIpc) is 2.95. The van der Waals surface area contributed by atoms with Gasteiger partial charge in [0.2, 0.25) is 0 Å². The Morgan fingerprint density at radius 1 is 1.44 bits per heavy atom. The van der Waals surface area contributed by atoms with Gasteiger partial charge in [-0.25, -0.2) is 9.97 Å². The number of nitrogens with zero attached hydrogens (tertiary/aromatic N) is 3. The minimum Gasteiger partial charge on any atom is -0.356 e. The van der Waals surface area contributed by atoms with Crippen LogP contribution < -0.4 is 4.90 Å². The molecule has 3 rings (SSSR count). The summed E-state index contributed by atoms with van der Waals surface area (Å²) < 4.78 is 0. The largest absolute Gasteiger partial charge is 0.356 e. The van der Waals surface area contributed by atoms with Crippen molar-refractivity contribution in [3.63, 3.8) is 0 Å². The summed E-state index contributed by atoms with van der Waals surface area (Å²) in [5.41, 5.74) is 0.937. The Labute approximate surface area is 107 Å². The first kappa shape index (κ1) is 11.5. The molecule has 1 saturated heterocycles. The molecule has 1 unspecified atom stereocenters. The Morgan fingerprint density at radius 2 is 2.33 bits per heavy atom. The molecule has 1 fully saturated rings. The van der Waals surface area contributed by atoms with Gasteiger partial charge in [-0.05, 0) is 30.7 Å². The predicted molar refractivity (Wildman–Crippen MR) is 73.7 cm³/mol. The minimum absolute atomic E-state index is 0.785. The number of rotatable bonds is 3. The molecular formula is C14H20N4. The SMILES string of the molecule is CC(C)CC1CCN(c2ncnc3[nH]ccc23)C1. The van der Waals surface area contributed by atoms with E-state index >= 15 is 0 Å². The fourth-order valence-corrected chi connectivity index (χ4v) is 2.99. The number of hydrogen-bond donors (Lipinski definition) is 1. The zero-order valence-corrected chi connectivity index (χ0v) is 11.1. The van der Waals surface area contributed by atoms with Gasteiger partial charge in [0.05, 0.1) is 5.39 Å². The van der Waals surface area contributed by atoms with Gasteiger partial charge >= 0.3 is 0 Å². The molecule has 1 aliphatic rings. The highest BCUT2D eigenvalue weighted by Gasteiger charge is 2.25. The first-order valence-corrected chi connectivity index (χ1v) is 6.77. The van der Waals surface area contributed by atoms with Crippen LogP contribution >= 0.6 is 0 Å². The first-order valence-electron chi connectivity index (χ1n) is 6.77. The van der Waals surface area contributed by atoms with Crippen LogP contribution in [-0.2, 0) is 0 Å². The van der Waals surface area contributed by atoms with Crippen LogP contribution in [-0.4, -0.2) is 28.0 Å². The predicted octanol–water partition coefficient (Wildman–Crippen LogP) is 2.83. The fourth-order valence-electron chi connectivity index (χ4n) is 2.99. The minimum atomic E-state index is 0.785. The quantitative estimate of drug-likeness (QED) is 0.903. The Bertz CT molecular complexity index is 531. The second-order valence-electron chi connectivity index (χ2n) is 5.67. The van der Waals surface area contributed by atoms with Crippen LogP contribution in [0, 0.1) is 11.8 Å². The summed E-state index contributed by atoms with van der Waals surface area (Å²) in [5, 5.41) is 1.14. The van der Waals surface area contributed by atoms with Crippen LogP contribution in [0.1, 0.15) is 26.7 Å². The Morgan fingerprint density at radius 3 is 3.17 bits per heavy atom. The van der Waals surface area contributed by atoms with Crippen molar-refractivity contribution in [2.45, 2.75) is 26.7 Å². The fraction of sp³-hybridized carbons (Fsp3) is 0.571. The van der Waals surface area contributed by atoms with Gasteiger partial charge in [-0.15, -0.1) is 0 Å². The number of nitrogens with one attached hydrogen (secondary N) is 1. The highest BCUT2D eigenvalue weighted by atomic mass is 15.2. The van der Waals surface area contributed by atoms with Gasteiger partial charge in [-0.2, -0.15) is 0 Å². The van der Waals surface area contributed by atoms with Gasteiger partial charge in [0.25, 0.3) is 0 Å². The number of anilines is 1. The second-order valence-corrected chi connectivity index (χ2v) is 5.67. The third-order valence-corrected chi connectivity index (χ3v) is 3.72. The zero-order chi connectivity index (χ0) is 12.5. The maximum Gasteiger partial charge on any atom is 0.142 e. The van der Waals surface area contributed by atoms with Gasteiger partial charge in [0, 0.05) is 19.3 Å². The Hall–Kier alpha value is -1.58. The normalized spacial score (nSPS) is 20.2. The molecule has 3 heterocycles. The molecule has 96 valence electrons. The maximum atomic E-state index is 4.47. The van der Waals surface area contributed by atoms with E-state index in [0.29, 0.717) is 0 Å². The van der Waals surface area contributed by atoms with Crippen LogP contribution in [0.2, 0.25) is 0 Å².